The van der Waals surface area contributed by atoms with E-state index < -0.39 is 6.10 Å². The lowest BCUT2D eigenvalue weighted by Gasteiger charge is -2.31. The monoisotopic (exact) mass is 316 g/mol. The highest BCUT2D eigenvalue weighted by Gasteiger charge is 2.18. The molecule has 6 nitrogen and oxygen atoms in total. The Kier molecular flexibility index (Phi) is 5.25. The topological polar surface area (TPSA) is 74.4 Å². The number of nitrogens with one attached hydrogen (secondary N) is 1. The van der Waals surface area contributed by atoms with Crippen LogP contribution in [0.5, 0.6) is 0 Å². The first-order valence-electron chi connectivity index (χ1n) is 8.24. The highest BCUT2D eigenvalue weighted by atomic mass is 16.5. The molecule has 0 radical (unpaired) electrons. The van der Waals surface area contributed by atoms with E-state index in [1.807, 2.05) is 30.3 Å². The van der Waals surface area contributed by atoms with Gasteiger partial charge in [0.1, 0.15) is 0 Å². The number of nitrogens with zero attached hydrogens (tertiary/aromatic N) is 3. The zero-order valence-corrected chi connectivity index (χ0v) is 13.5. The maximum atomic E-state index is 10.2. The summed E-state index contributed by atoms with van der Waals surface area (Å²) in [7, 11) is 0. The van der Waals surface area contributed by atoms with Crippen LogP contribution in [0.3, 0.4) is 0 Å². The lowest BCUT2D eigenvalue weighted by Crippen LogP contribution is -2.40. The van der Waals surface area contributed by atoms with Crippen molar-refractivity contribution < 1.29 is 9.63 Å². The number of aliphatic hydroxyl groups is 1. The molecule has 0 bridgehead atoms. The minimum Gasteiger partial charge on any atom is -0.390 e. The number of anilines is 1. The molecule has 3 rings (SSSR count). The number of piperidine rings is 1. The quantitative estimate of drug-likeness (QED) is 0.851. The van der Waals surface area contributed by atoms with Gasteiger partial charge in [0.2, 0.25) is 0 Å². The summed E-state index contributed by atoms with van der Waals surface area (Å²) < 4.78 is 5.23. The van der Waals surface area contributed by atoms with Crippen molar-refractivity contribution in [3.63, 3.8) is 0 Å². The van der Waals surface area contributed by atoms with Gasteiger partial charge in [0.05, 0.1) is 6.10 Å². The molecule has 124 valence electrons. The van der Waals surface area contributed by atoms with E-state index in [1.165, 1.54) is 12.8 Å². The maximum absolute atomic E-state index is 10.2. The fraction of sp³-hybridized carbons (Fsp3) is 0.529. The van der Waals surface area contributed by atoms with E-state index in [9.17, 15) is 5.11 Å². The molecule has 1 fully saturated rings. The minimum absolute atomic E-state index is 0.412. The maximum Gasteiger partial charge on any atom is 0.263 e. The first-order chi connectivity index (χ1) is 11.2. The second-order valence-electron chi connectivity index (χ2n) is 6.31. The number of benzene rings is 1. The third kappa shape index (κ3) is 4.53. The van der Waals surface area contributed by atoms with Crippen molar-refractivity contribution in [2.75, 3.05) is 31.5 Å². The molecule has 1 aromatic heterocycles. The normalized spacial score (nSPS) is 18.0. The molecular weight excluding hydrogens is 292 g/mol. The Morgan fingerprint density at radius 2 is 2.04 bits per heavy atom. The van der Waals surface area contributed by atoms with Crippen LogP contribution in [0.4, 0.5) is 5.95 Å². The van der Waals surface area contributed by atoms with Gasteiger partial charge in [-0.1, -0.05) is 25.1 Å². The summed E-state index contributed by atoms with van der Waals surface area (Å²) in [4.78, 5) is 6.61. The van der Waals surface area contributed by atoms with Crippen LogP contribution in [0, 0.1) is 5.92 Å². The predicted molar refractivity (Wildman–Crippen MR) is 89.1 cm³/mol. The minimum atomic E-state index is -0.443. The molecule has 0 amide bonds. The number of rotatable bonds is 6. The van der Waals surface area contributed by atoms with Gasteiger partial charge in [-0.3, -0.25) is 0 Å². The Hall–Kier alpha value is -1.92. The van der Waals surface area contributed by atoms with Crippen molar-refractivity contribution in [3.05, 3.63) is 30.3 Å². The summed E-state index contributed by atoms with van der Waals surface area (Å²) in [5.41, 5.74) is 0.885. The molecule has 6 heteroatoms. The smallest absolute Gasteiger partial charge is 0.263 e. The van der Waals surface area contributed by atoms with E-state index in [-0.39, 0.29) is 0 Å². The Morgan fingerprint density at radius 3 is 2.78 bits per heavy atom. The molecular formula is C17H24N4O2. The second-order valence-corrected chi connectivity index (χ2v) is 6.31. The van der Waals surface area contributed by atoms with Gasteiger partial charge in [0.25, 0.3) is 11.8 Å². The lowest BCUT2D eigenvalue weighted by molar-refractivity contribution is 0.0989. The molecule has 23 heavy (non-hydrogen) atoms. The van der Waals surface area contributed by atoms with Crippen LogP contribution in [0.15, 0.2) is 34.9 Å². The number of aliphatic hydroxyl groups excluding tert-OH is 1. The second kappa shape index (κ2) is 7.57. The third-order valence-electron chi connectivity index (χ3n) is 4.29. The predicted octanol–water partition coefficient (Wildman–Crippen LogP) is 2.24. The van der Waals surface area contributed by atoms with Gasteiger partial charge in [-0.15, -0.1) is 0 Å². The van der Waals surface area contributed by atoms with Crippen molar-refractivity contribution in [1.29, 1.82) is 0 Å². The largest absolute Gasteiger partial charge is 0.390 e. The number of β-amino-alcohol motifs (C(OH)–C–C–N with tert-alkyl or cyclic N) is 1. The summed E-state index contributed by atoms with van der Waals surface area (Å²) in [5.74, 6) is 1.69. The highest BCUT2D eigenvalue weighted by molar-refractivity contribution is 5.53. The van der Waals surface area contributed by atoms with Crippen molar-refractivity contribution >= 4 is 5.95 Å². The Balaban J connectivity index is 1.46. The van der Waals surface area contributed by atoms with Crippen LogP contribution in [0.25, 0.3) is 11.5 Å². The van der Waals surface area contributed by atoms with Crippen LogP contribution >= 0.6 is 0 Å². The van der Waals surface area contributed by atoms with Crippen LogP contribution in [0.1, 0.15) is 19.8 Å². The number of hydrogen-bond donors (Lipinski definition) is 2. The Morgan fingerprint density at radius 1 is 1.30 bits per heavy atom. The summed E-state index contributed by atoms with van der Waals surface area (Å²) in [5, 5.41) is 17.1. The molecule has 0 spiro atoms. The number of aromatic nitrogens is 2. The van der Waals surface area contributed by atoms with Gasteiger partial charge in [0.15, 0.2) is 0 Å². The first kappa shape index (κ1) is 16.0. The van der Waals surface area contributed by atoms with E-state index in [1.54, 1.807) is 0 Å². The molecule has 0 aliphatic carbocycles. The molecule has 1 aliphatic heterocycles. The molecule has 1 atom stereocenters. The van der Waals surface area contributed by atoms with E-state index in [4.69, 9.17) is 4.52 Å². The van der Waals surface area contributed by atoms with E-state index in [2.05, 4.69) is 27.3 Å². The van der Waals surface area contributed by atoms with Crippen LogP contribution < -0.4 is 5.32 Å². The Bertz CT molecular complexity index is 594. The zero-order chi connectivity index (χ0) is 16.1. The van der Waals surface area contributed by atoms with Gasteiger partial charge >= 0.3 is 0 Å². The van der Waals surface area contributed by atoms with Crippen molar-refractivity contribution in [1.82, 2.24) is 15.0 Å². The summed E-state index contributed by atoms with van der Waals surface area (Å²) in [6.07, 6.45) is 1.98. The van der Waals surface area contributed by atoms with E-state index in [0.29, 0.717) is 24.9 Å². The van der Waals surface area contributed by atoms with Gasteiger partial charge < -0.3 is 19.8 Å². The lowest BCUT2D eigenvalue weighted by atomic mass is 9.99. The zero-order valence-electron chi connectivity index (χ0n) is 13.5. The fourth-order valence-electron chi connectivity index (χ4n) is 2.81. The molecule has 2 heterocycles. The summed E-state index contributed by atoms with van der Waals surface area (Å²) >= 11 is 0. The average Bonchev–Trinajstić information content (AvgIpc) is 3.05. The van der Waals surface area contributed by atoms with Gasteiger partial charge in [-0.2, -0.15) is 4.98 Å². The van der Waals surface area contributed by atoms with Crippen LogP contribution in [-0.4, -0.2) is 52.4 Å². The van der Waals surface area contributed by atoms with E-state index >= 15 is 0 Å². The third-order valence-corrected chi connectivity index (χ3v) is 4.29. The Labute approximate surface area is 136 Å². The average molecular weight is 316 g/mol. The van der Waals surface area contributed by atoms with Gasteiger partial charge in [-0.05, 0) is 49.1 Å². The first-order valence-corrected chi connectivity index (χ1v) is 8.24. The highest BCUT2D eigenvalue weighted by Crippen LogP contribution is 2.18. The van der Waals surface area contributed by atoms with Crippen molar-refractivity contribution in [2.45, 2.75) is 25.9 Å². The van der Waals surface area contributed by atoms with Gasteiger partial charge in [0, 0.05) is 18.7 Å². The van der Waals surface area contributed by atoms with E-state index in [0.717, 1.165) is 24.6 Å². The summed E-state index contributed by atoms with van der Waals surface area (Å²) in [6, 6.07) is 9.63. The SMILES string of the molecule is CC1CCN(CC(O)CNc2noc(-c3ccccc3)n2)CC1. The van der Waals surface area contributed by atoms with Gasteiger partial charge in [-0.25, -0.2) is 0 Å². The number of hydrogen-bond acceptors (Lipinski definition) is 6. The molecule has 1 aromatic carbocycles. The van der Waals surface area contributed by atoms with Crippen LogP contribution in [-0.2, 0) is 0 Å². The standard InChI is InChI=1S/C17H24N4O2/c1-13-7-9-21(10-8-13)12-15(22)11-18-17-19-16(23-20-17)14-5-3-2-4-6-14/h2-6,13,15,22H,7-12H2,1H3,(H,18,20). The molecule has 1 unspecified atom stereocenters. The molecule has 0 saturated carbocycles. The number of likely N-dealkylation sites (tertiary alicyclic amines) is 1. The molecule has 1 aliphatic rings. The van der Waals surface area contributed by atoms with Crippen molar-refractivity contribution in [3.8, 4) is 11.5 Å². The fourth-order valence-corrected chi connectivity index (χ4v) is 2.81. The van der Waals surface area contributed by atoms with Crippen molar-refractivity contribution in [2.24, 2.45) is 5.92 Å². The summed E-state index contributed by atoms with van der Waals surface area (Å²) in [6.45, 7) is 5.52. The molecule has 2 N–H and O–H groups in total. The molecule has 2 aromatic rings. The van der Waals surface area contributed by atoms with Crippen LogP contribution in [0.2, 0.25) is 0 Å². The molecule has 1 saturated heterocycles.